The van der Waals surface area contributed by atoms with Gasteiger partial charge in [0, 0.05) is 6.16 Å². The zero-order chi connectivity index (χ0) is 18.6. The lowest BCUT2D eigenvalue weighted by Crippen LogP contribution is -2.22. The van der Waals surface area contributed by atoms with Crippen LogP contribution in [0.3, 0.4) is 0 Å². The van der Waals surface area contributed by atoms with E-state index in [4.69, 9.17) is 9.79 Å². The van der Waals surface area contributed by atoms with Crippen LogP contribution in [0, 0.1) is 0 Å². The van der Waals surface area contributed by atoms with Gasteiger partial charge in [-0.05, 0) is 47.3 Å². The van der Waals surface area contributed by atoms with E-state index in [1.54, 1.807) is 0 Å². The minimum Gasteiger partial charge on any atom is -0.324 e. The van der Waals surface area contributed by atoms with Gasteiger partial charge in [0.2, 0.25) is 0 Å². The Morgan fingerprint density at radius 3 is 2.04 bits per heavy atom. The zero-order valence-electron chi connectivity index (χ0n) is 15.2. The largest absolute Gasteiger partial charge is 0.325 e. The van der Waals surface area contributed by atoms with E-state index in [0.29, 0.717) is 6.42 Å². The lowest BCUT2D eigenvalue weighted by atomic mass is 9.90. The Morgan fingerprint density at radius 2 is 1.50 bits per heavy atom. The Hall–Kier alpha value is -1.06. The summed E-state index contributed by atoms with van der Waals surface area (Å²) in [7, 11) is -3.91. The van der Waals surface area contributed by atoms with E-state index < -0.39 is 7.60 Å². The van der Waals surface area contributed by atoms with E-state index >= 15 is 0 Å². The van der Waals surface area contributed by atoms with Crippen LogP contribution in [-0.2, 0) is 9.31 Å². The standard InChI is InChI=1S/C21H27O3PS/c1-2-3-16-26-21(14-8-9-15-25(22,23)24)19-12-6-4-10-17(19)18-11-5-7-13-20(18)21/h4-7,10-13H,2-3,8-9,14-16H2,1H3,(H2,22,23,24). The van der Waals surface area contributed by atoms with Crippen LogP contribution in [0.4, 0.5) is 0 Å². The second-order valence-electron chi connectivity index (χ2n) is 6.97. The van der Waals surface area contributed by atoms with Crippen molar-refractivity contribution in [1.29, 1.82) is 0 Å². The molecule has 0 atom stereocenters. The summed E-state index contributed by atoms with van der Waals surface area (Å²) in [6, 6.07) is 17.3. The quantitative estimate of drug-likeness (QED) is 0.420. The summed E-state index contributed by atoms with van der Waals surface area (Å²) in [4.78, 5) is 18.3. The molecule has 2 N–H and O–H groups in total. The van der Waals surface area contributed by atoms with Crippen molar-refractivity contribution >= 4 is 19.4 Å². The van der Waals surface area contributed by atoms with E-state index in [1.807, 2.05) is 11.8 Å². The average molecular weight is 390 g/mol. The summed E-state index contributed by atoms with van der Waals surface area (Å²) in [5, 5.41) is 0. The highest BCUT2D eigenvalue weighted by Gasteiger charge is 2.42. The molecule has 0 amide bonds. The first-order valence-electron chi connectivity index (χ1n) is 9.36. The molecule has 0 saturated carbocycles. The molecule has 1 aliphatic rings. The Labute approximate surface area is 160 Å². The van der Waals surface area contributed by atoms with Gasteiger partial charge in [-0.15, -0.1) is 11.8 Å². The van der Waals surface area contributed by atoms with Crippen LogP contribution in [0.15, 0.2) is 48.5 Å². The number of fused-ring (bicyclic) bond motifs is 3. The first-order valence-corrected chi connectivity index (χ1v) is 12.1. The van der Waals surface area contributed by atoms with Gasteiger partial charge in [-0.3, -0.25) is 4.57 Å². The Balaban J connectivity index is 1.93. The third-order valence-corrected chi connectivity index (χ3v) is 7.62. The molecule has 3 rings (SSSR count). The summed E-state index contributed by atoms with van der Waals surface area (Å²) >= 11 is 2.01. The first kappa shape index (κ1) is 19.7. The van der Waals surface area contributed by atoms with E-state index in [0.717, 1.165) is 18.6 Å². The van der Waals surface area contributed by atoms with Gasteiger partial charge in [0.1, 0.15) is 0 Å². The van der Waals surface area contributed by atoms with Gasteiger partial charge in [0.05, 0.1) is 4.75 Å². The van der Waals surface area contributed by atoms with Crippen LogP contribution in [-0.4, -0.2) is 21.7 Å². The van der Waals surface area contributed by atoms with Gasteiger partial charge in [0.15, 0.2) is 0 Å². The third-order valence-electron chi connectivity index (χ3n) is 5.09. The number of hydrogen-bond acceptors (Lipinski definition) is 2. The maximum atomic E-state index is 11.2. The predicted molar refractivity (Wildman–Crippen MR) is 111 cm³/mol. The fourth-order valence-electron chi connectivity index (χ4n) is 3.86. The molecule has 140 valence electrons. The number of rotatable bonds is 9. The van der Waals surface area contributed by atoms with Crippen molar-refractivity contribution in [2.45, 2.75) is 43.8 Å². The highest BCUT2D eigenvalue weighted by molar-refractivity contribution is 8.00. The van der Waals surface area contributed by atoms with Crippen molar-refractivity contribution in [1.82, 2.24) is 0 Å². The van der Waals surface area contributed by atoms with Crippen LogP contribution in [0.25, 0.3) is 11.1 Å². The number of thioether (sulfide) groups is 1. The van der Waals surface area contributed by atoms with Crippen molar-refractivity contribution in [2.75, 3.05) is 11.9 Å². The fraction of sp³-hybridized carbons (Fsp3) is 0.429. The minimum absolute atomic E-state index is 0.0218. The lowest BCUT2D eigenvalue weighted by Gasteiger charge is -2.32. The number of hydrogen-bond donors (Lipinski definition) is 2. The predicted octanol–water partition coefficient (Wildman–Crippen LogP) is 5.79. The number of benzene rings is 2. The maximum absolute atomic E-state index is 11.2. The molecule has 0 aromatic heterocycles. The lowest BCUT2D eigenvalue weighted by molar-refractivity contribution is 0.370. The second kappa shape index (κ2) is 8.31. The van der Waals surface area contributed by atoms with Gasteiger partial charge in [-0.25, -0.2) is 0 Å². The summed E-state index contributed by atoms with van der Waals surface area (Å²) in [6.07, 6.45) is 4.61. The van der Waals surface area contributed by atoms with E-state index in [-0.39, 0.29) is 10.9 Å². The SMILES string of the molecule is CCCCSC1(CCCCP(=O)(O)O)c2ccccc2-c2ccccc21. The summed E-state index contributed by atoms with van der Waals surface area (Å²) in [5.41, 5.74) is 5.33. The minimum atomic E-state index is -3.91. The molecule has 0 fully saturated rings. The van der Waals surface area contributed by atoms with Gasteiger partial charge in [-0.2, -0.15) is 0 Å². The Kier molecular flexibility index (Phi) is 6.29. The van der Waals surface area contributed by atoms with E-state index in [9.17, 15) is 4.57 Å². The zero-order valence-corrected chi connectivity index (χ0v) is 16.9. The molecule has 0 heterocycles. The topological polar surface area (TPSA) is 57.5 Å². The molecule has 0 aliphatic heterocycles. The normalized spacial score (nSPS) is 14.9. The molecule has 0 saturated heterocycles. The van der Waals surface area contributed by atoms with Crippen molar-refractivity contribution in [2.24, 2.45) is 0 Å². The van der Waals surface area contributed by atoms with Crippen molar-refractivity contribution in [3.8, 4) is 11.1 Å². The molecule has 1 aliphatic carbocycles. The summed E-state index contributed by atoms with van der Waals surface area (Å²) in [6.45, 7) is 2.21. The highest BCUT2D eigenvalue weighted by Crippen LogP contribution is 2.57. The molecular formula is C21H27O3PS. The Bertz CT molecular complexity index is 754. The van der Waals surface area contributed by atoms with Crippen molar-refractivity contribution < 1.29 is 14.4 Å². The molecular weight excluding hydrogens is 363 g/mol. The first-order chi connectivity index (χ1) is 12.5. The van der Waals surface area contributed by atoms with Crippen LogP contribution >= 0.6 is 19.4 Å². The second-order valence-corrected chi connectivity index (χ2v) is 10.1. The van der Waals surface area contributed by atoms with Crippen LogP contribution < -0.4 is 0 Å². The summed E-state index contributed by atoms with van der Waals surface area (Å²) in [5.74, 6) is 1.09. The molecule has 26 heavy (non-hydrogen) atoms. The van der Waals surface area contributed by atoms with Crippen LogP contribution in [0.5, 0.6) is 0 Å². The van der Waals surface area contributed by atoms with Gasteiger partial charge in [-0.1, -0.05) is 68.3 Å². The van der Waals surface area contributed by atoms with Gasteiger partial charge >= 0.3 is 7.60 Å². The van der Waals surface area contributed by atoms with Crippen molar-refractivity contribution in [3.05, 3.63) is 59.7 Å². The van der Waals surface area contributed by atoms with E-state index in [1.165, 1.54) is 35.1 Å². The number of unbranched alkanes of at least 4 members (excludes halogenated alkanes) is 2. The van der Waals surface area contributed by atoms with E-state index in [2.05, 4.69) is 55.5 Å². The fourth-order valence-corrected chi connectivity index (χ4v) is 6.24. The smallest absolute Gasteiger partial charge is 0.324 e. The Morgan fingerprint density at radius 1 is 0.923 bits per heavy atom. The third kappa shape index (κ3) is 4.09. The summed E-state index contributed by atoms with van der Waals surface area (Å²) < 4.78 is 11.1. The van der Waals surface area contributed by atoms with Crippen LogP contribution in [0.1, 0.15) is 50.2 Å². The molecule has 0 spiro atoms. The molecule has 5 heteroatoms. The van der Waals surface area contributed by atoms with Gasteiger partial charge < -0.3 is 9.79 Å². The molecule has 0 unspecified atom stereocenters. The maximum Gasteiger partial charge on any atom is 0.325 e. The monoisotopic (exact) mass is 390 g/mol. The average Bonchev–Trinajstić information content (AvgIpc) is 2.90. The molecule has 3 nitrogen and oxygen atoms in total. The van der Waals surface area contributed by atoms with Gasteiger partial charge in [0.25, 0.3) is 0 Å². The molecule has 0 radical (unpaired) electrons. The molecule has 2 aromatic rings. The van der Waals surface area contributed by atoms with Crippen LogP contribution in [0.2, 0.25) is 0 Å². The highest BCUT2D eigenvalue weighted by atomic mass is 32.2. The van der Waals surface area contributed by atoms with Crippen molar-refractivity contribution in [3.63, 3.8) is 0 Å². The molecule has 0 bridgehead atoms. The molecule has 2 aromatic carbocycles.